The third kappa shape index (κ3) is 3.78. The molecule has 2 rings (SSSR count). The average Bonchev–Trinajstić information content (AvgIpc) is 2.84. The first-order valence-corrected chi connectivity index (χ1v) is 7.29. The Morgan fingerprint density at radius 2 is 1.91 bits per heavy atom. The van der Waals surface area contributed by atoms with Gasteiger partial charge in [0.25, 0.3) is 0 Å². The van der Waals surface area contributed by atoms with Gasteiger partial charge < -0.3 is 9.84 Å². The summed E-state index contributed by atoms with van der Waals surface area (Å²) in [5.74, 6) is -2.53. The molecule has 0 aliphatic carbocycles. The molecule has 126 valence electrons. The second-order valence-corrected chi connectivity index (χ2v) is 6.50. The van der Waals surface area contributed by atoms with E-state index in [-0.39, 0.29) is 18.4 Å². The van der Waals surface area contributed by atoms with Crippen LogP contribution >= 0.6 is 0 Å². The minimum Gasteiger partial charge on any atom is -0.480 e. The van der Waals surface area contributed by atoms with Gasteiger partial charge in [-0.1, -0.05) is 0 Å². The lowest BCUT2D eigenvalue weighted by atomic mass is 10.0. The number of ether oxygens (including phenoxy) is 1. The highest BCUT2D eigenvalue weighted by molar-refractivity contribution is 5.81. The van der Waals surface area contributed by atoms with E-state index in [9.17, 15) is 23.5 Å². The van der Waals surface area contributed by atoms with Crippen molar-refractivity contribution in [1.29, 1.82) is 0 Å². The van der Waals surface area contributed by atoms with Gasteiger partial charge in [0.1, 0.15) is 23.3 Å². The molecule has 0 saturated carbocycles. The number of amides is 1. The first-order chi connectivity index (χ1) is 10.6. The van der Waals surface area contributed by atoms with E-state index in [4.69, 9.17) is 4.74 Å². The van der Waals surface area contributed by atoms with E-state index in [0.717, 1.165) is 23.1 Å². The molecule has 1 aliphatic rings. The number of aliphatic carboxylic acids is 1. The minimum atomic E-state index is -1.20. The monoisotopic (exact) mass is 327 g/mol. The SMILES string of the molecule is CC(C)(C)OC(=O)N1[C@@H](C(=O)O)CC[C@H]1c1cc(F)ccc1F. The number of halogens is 2. The van der Waals surface area contributed by atoms with Crippen LogP contribution in [0.15, 0.2) is 18.2 Å². The summed E-state index contributed by atoms with van der Waals surface area (Å²) >= 11 is 0. The van der Waals surface area contributed by atoms with Crippen molar-refractivity contribution in [2.24, 2.45) is 0 Å². The Hall–Kier alpha value is -2.18. The summed E-state index contributed by atoms with van der Waals surface area (Å²) in [6.07, 6.45) is -0.484. The molecule has 1 aliphatic heterocycles. The van der Waals surface area contributed by atoms with Crippen molar-refractivity contribution in [3.8, 4) is 0 Å². The first kappa shape index (κ1) is 17.2. The Kier molecular flexibility index (Phi) is 4.58. The van der Waals surface area contributed by atoms with Crippen LogP contribution in [0.2, 0.25) is 0 Å². The van der Waals surface area contributed by atoms with E-state index in [1.807, 2.05) is 0 Å². The Bertz CT molecular complexity index is 627. The van der Waals surface area contributed by atoms with Crippen LogP contribution in [-0.2, 0) is 9.53 Å². The third-order valence-electron chi connectivity index (χ3n) is 3.59. The summed E-state index contributed by atoms with van der Waals surface area (Å²) in [7, 11) is 0. The van der Waals surface area contributed by atoms with Crippen LogP contribution in [0.1, 0.15) is 45.2 Å². The summed E-state index contributed by atoms with van der Waals surface area (Å²) in [5, 5.41) is 9.30. The molecular weight excluding hydrogens is 308 g/mol. The molecule has 5 nitrogen and oxygen atoms in total. The molecule has 1 aromatic carbocycles. The Morgan fingerprint density at radius 3 is 2.48 bits per heavy atom. The van der Waals surface area contributed by atoms with Crippen molar-refractivity contribution in [3.63, 3.8) is 0 Å². The Labute approximate surface area is 132 Å². The number of hydrogen-bond acceptors (Lipinski definition) is 3. The fourth-order valence-corrected chi connectivity index (χ4v) is 2.70. The Balaban J connectivity index is 2.39. The first-order valence-electron chi connectivity index (χ1n) is 7.29. The van der Waals surface area contributed by atoms with Crippen molar-refractivity contribution in [2.45, 2.75) is 51.3 Å². The van der Waals surface area contributed by atoms with Gasteiger partial charge in [0.15, 0.2) is 0 Å². The lowest BCUT2D eigenvalue weighted by molar-refractivity contribution is -0.142. The van der Waals surface area contributed by atoms with E-state index < -0.39 is 41.4 Å². The lowest BCUT2D eigenvalue weighted by Gasteiger charge is -2.31. The molecule has 1 N–H and O–H groups in total. The van der Waals surface area contributed by atoms with E-state index in [0.29, 0.717) is 0 Å². The van der Waals surface area contributed by atoms with E-state index >= 15 is 0 Å². The van der Waals surface area contributed by atoms with Gasteiger partial charge in [-0.2, -0.15) is 0 Å². The second-order valence-electron chi connectivity index (χ2n) is 6.50. The van der Waals surface area contributed by atoms with Crippen molar-refractivity contribution >= 4 is 12.1 Å². The molecule has 0 aromatic heterocycles. The molecule has 0 radical (unpaired) electrons. The third-order valence-corrected chi connectivity index (χ3v) is 3.59. The quantitative estimate of drug-likeness (QED) is 0.903. The van der Waals surface area contributed by atoms with Gasteiger partial charge in [0.05, 0.1) is 6.04 Å². The summed E-state index contributed by atoms with van der Waals surface area (Å²) in [6.45, 7) is 4.94. The van der Waals surface area contributed by atoms with Crippen LogP contribution in [0.4, 0.5) is 13.6 Å². The number of carboxylic acid groups (broad SMARTS) is 1. The maximum atomic E-state index is 14.0. The van der Waals surface area contributed by atoms with E-state index in [1.165, 1.54) is 0 Å². The Morgan fingerprint density at radius 1 is 1.26 bits per heavy atom. The van der Waals surface area contributed by atoms with Gasteiger partial charge in [0.2, 0.25) is 0 Å². The average molecular weight is 327 g/mol. The second kappa shape index (κ2) is 6.14. The number of benzene rings is 1. The number of hydrogen-bond donors (Lipinski definition) is 1. The highest BCUT2D eigenvalue weighted by atomic mass is 19.1. The van der Waals surface area contributed by atoms with Crippen molar-refractivity contribution < 1.29 is 28.2 Å². The number of nitrogens with zero attached hydrogens (tertiary/aromatic N) is 1. The van der Waals surface area contributed by atoms with E-state index in [2.05, 4.69) is 0 Å². The highest BCUT2D eigenvalue weighted by Crippen LogP contribution is 2.38. The fourth-order valence-electron chi connectivity index (χ4n) is 2.70. The van der Waals surface area contributed by atoms with Crippen LogP contribution in [0.25, 0.3) is 0 Å². The molecule has 1 heterocycles. The van der Waals surface area contributed by atoms with Gasteiger partial charge in [-0.25, -0.2) is 18.4 Å². The lowest BCUT2D eigenvalue weighted by Crippen LogP contribution is -2.44. The van der Waals surface area contributed by atoms with Gasteiger partial charge in [-0.05, 0) is 51.8 Å². The molecule has 1 fully saturated rings. The molecule has 0 spiro atoms. The summed E-state index contributed by atoms with van der Waals surface area (Å²) in [6, 6.07) is 0.924. The van der Waals surface area contributed by atoms with Crippen molar-refractivity contribution in [2.75, 3.05) is 0 Å². The van der Waals surface area contributed by atoms with Crippen LogP contribution in [0.3, 0.4) is 0 Å². The molecule has 1 amide bonds. The summed E-state index contributed by atoms with van der Waals surface area (Å²) in [4.78, 5) is 24.8. The molecule has 0 bridgehead atoms. The topological polar surface area (TPSA) is 66.8 Å². The maximum absolute atomic E-state index is 14.0. The molecular formula is C16H19F2NO4. The fraction of sp³-hybridized carbons (Fsp3) is 0.500. The maximum Gasteiger partial charge on any atom is 0.411 e. The predicted octanol–water partition coefficient (Wildman–Crippen LogP) is 3.49. The number of carbonyl (C=O) groups excluding carboxylic acids is 1. The summed E-state index contributed by atoms with van der Waals surface area (Å²) in [5.41, 5.74) is -0.868. The standard InChI is InChI=1S/C16H19F2NO4/c1-16(2,3)23-15(22)19-12(6-7-13(19)14(20)21)10-8-9(17)4-5-11(10)18/h4-5,8,12-13H,6-7H2,1-3H3,(H,20,21)/t12-,13+/m0/s1. The van der Waals surface area contributed by atoms with Crippen LogP contribution in [-0.4, -0.2) is 33.7 Å². The number of carbonyl (C=O) groups is 2. The molecule has 7 heteroatoms. The van der Waals surface area contributed by atoms with Gasteiger partial charge in [0, 0.05) is 5.56 Å². The normalized spacial score (nSPS) is 21.3. The highest BCUT2D eigenvalue weighted by Gasteiger charge is 2.44. The van der Waals surface area contributed by atoms with Gasteiger partial charge in [-0.3, -0.25) is 4.90 Å². The van der Waals surface area contributed by atoms with Crippen LogP contribution in [0.5, 0.6) is 0 Å². The van der Waals surface area contributed by atoms with Gasteiger partial charge >= 0.3 is 12.1 Å². The predicted molar refractivity (Wildman–Crippen MR) is 77.8 cm³/mol. The van der Waals surface area contributed by atoms with Crippen LogP contribution < -0.4 is 0 Å². The zero-order chi connectivity index (χ0) is 17.4. The molecule has 1 saturated heterocycles. The molecule has 2 atom stereocenters. The summed E-state index contributed by atoms with van der Waals surface area (Å²) < 4.78 is 32.7. The van der Waals surface area contributed by atoms with E-state index in [1.54, 1.807) is 20.8 Å². The smallest absolute Gasteiger partial charge is 0.411 e. The molecule has 23 heavy (non-hydrogen) atoms. The van der Waals surface area contributed by atoms with Crippen molar-refractivity contribution in [3.05, 3.63) is 35.4 Å². The zero-order valence-electron chi connectivity index (χ0n) is 13.2. The van der Waals surface area contributed by atoms with Gasteiger partial charge in [-0.15, -0.1) is 0 Å². The van der Waals surface area contributed by atoms with Crippen LogP contribution in [0, 0.1) is 11.6 Å². The van der Waals surface area contributed by atoms with Crippen molar-refractivity contribution in [1.82, 2.24) is 4.90 Å². The molecule has 0 unspecified atom stereocenters. The number of likely N-dealkylation sites (tertiary alicyclic amines) is 1. The minimum absolute atomic E-state index is 0.0420. The zero-order valence-corrected chi connectivity index (χ0v) is 13.2. The molecule has 1 aromatic rings. The number of carboxylic acids is 1. The largest absolute Gasteiger partial charge is 0.480 e. The number of rotatable bonds is 2.